The lowest BCUT2D eigenvalue weighted by molar-refractivity contribution is 0.0997. The molecule has 0 fully saturated rings. The van der Waals surface area contributed by atoms with Gasteiger partial charge in [-0.2, -0.15) is 0 Å². The number of carbonyl (C=O) groups is 1. The number of amides is 1. The summed E-state index contributed by atoms with van der Waals surface area (Å²) < 4.78 is 10.7. The number of aryl methyl sites for hydroxylation is 4. The minimum Gasteiger partial charge on any atom is -0.451 e. The van der Waals surface area contributed by atoms with Crippen molar-refractivity contribution in [2.75, 3.05) is 5.32 Å². The van der Waals surface area contributed by atoms with Crippen LogP contribution >= 0.6 is 0 Å². The van der Waals surface area contributed by atoms with Gasteiger partial charge in [0.05, 0.1) is 0 Å². The van der Waals surface area contributed by atoms with Crippen molar-refractivity contribution < 1.29 is 13.8 Å². The SMILES string of the molecule is Cc1ccc(C)c(-c2nonc2NC(=O)c2oc3ccc(C)cc3c2C)c1. The van der Waals surface area contributed by atoms with Crippen LogP contribution in [0.2, 0.25) is 0 Å². The minimum atomic E-state index is -0.386. The summed E-state index contributed by atoms with van der Waals surface area (Å²) in [6.07, 6.45) is 0. The molecule has 0 aliphatic heterocycles. The fourth-order valence-electron chi connectivity index (χ4n) is 3.15. The summed E-state index contributed by atoms with van der Waals surface area (Å²) in [5.41, 5.74) is 6.03. The predicted molar refractivity (Wildman–Crippen MR) is 103 cm³/mol. The first-order chi connectivity index (χ1) is 12.9. The Labute approximate surface area is 156 Å². The second-order valence-corrected chi connectivity index (χ2v) is 6.79. The molecule has 2 aromatic heterocycles. The molecular formula is C21H19N3O3. The van der Waals surface area contributed by atoms with Gasteiger partial charge in [0, 0.05) is 16.5 Å². The molecule has 2 aromatic carbocycles. The van der Waals surface area contributed by atoms with Crippen LogP contribution in [0.4, 0.5) is 5.82 Å². The second-order valence-electron chi connectivity index (χ2n) is 6.79. The summed E-state index contributed by atoms with van der Waals surface area (Å²) in [5, 5.41) is 11.5. The Morgan fingerprint density at radius 3 is 2.52 bits per heavy atom. The third-order valence-corrected chi connectivity index (χ3v) is 4.67. The van der Waals surface area contributed by atoms with E-state index in [1.165, 1.54) is 0 Å². The first-order valence-corrected chi connectivity index (χ1v) is 8.65. The molecule has 6 heteroatoms. The third-order valence-electron chi connectivity index (χ3n) is 4.67. The highest BCUT2D eigenvalue weighted by molar-refractivity contribution is 6.07. The van der Waals surface area contributed by atoms with Crippen molar-refractivity contribution in [3.05, 3.63) is 64.4 Å². The number of aromatic nitrogens is 2. The lowest BCUT2D eigenvalue weighted by Gasteiger charge is -2.06. The van der Waals surface area contributed by atoms with E-state index in [1.54, 1.807) is 0 Å². The van der Waals surface area contributed by atoms with E-state index in [0.29, 0.717) is 11.3 Å². The number of anilines is 1. The van der Waals surface area contributed by atoms with Gasteiger partial charge in [0.25, 0.3) is 5.91 Å². The van der Waals surface area contributed by atoms with Crippen molar-refractivity contribution in [3.63, 3.8) is 0 Å². The number of carbonyl (C=O) groups excluding carboxylic acids is 1. The van der Waals surface area contributed by atoms with Crippen LogP contribution in [-0.2, 0) is 0 Å². The summed E-state index contributed by atoms with van der Waals surface area (Å²) in [6.45, 7) is 7.84. The van der Waals surface area contributed by atoms with Gasteiger partial charge in [-0.15, -0.1) is 0 Å². The van der Waals surface area contributed by atoms with E-state index in [9.17, 15) is 4.79 Å². The third kappa shape index (κ3) is 2.99. The highest BCUT2D eigenvalue weighted by Crippen LogP contribution is 2.30. The normalized spacial score (nSPS) is 11.1. The van der Waals surface area contributed by atoms with E-state index >= 15 is 0 Å². The second kappa shape index (κ2) is 6.39. The van der Waals surface area contributed by atoms with E-state index in [1.807, 2.05) is 64.1 Å². The van der Waals surface area contributed by atoms with E-state index in [4.69, 9.17) is 9.05 Å². The van der Waals surface area contributed by atoms with E-state index in [2.05, 4.69) is 15.6 Å². The molecule has 0 aliphatic rings. The van der Waals surface area contributed by atoms with Crippen LogP contribution in [0.5, 0.6) is 0 Å². The minimum absolute atomic E-state index is 0.255. The Morgan fingerprint density at radius 1 is 0.963 bits per heavy atom. The number of furan rings is 1. The van der Waals surface area contributed by atoms with E-state index in [-0.39, 0.29) is 17.5 Å². The lowest BCUT2D eigenvalue weighted by Crippen LogP contribution is -2.13. The smallest absolute Gasteiger partial charge is 0.292 e. The van der Waals surface area contributed by atoms with Gasteiger partial charge in [-0.05, 0) is 61.8 Å². The largest absolute Gasteiger partial charge is 0.451 e. The fraction of sp³-hybridized carbons (Fsp3) is 0.190. The average Bonchev–Trinajstić information content (AvgIpc) is 3.22. The van der Waals surface area contributed by atoms with Gasteiger partial charge in [-0.1, -0.05) is 29.3 Å². The maximum absolute atomic E-state index is 12.8. The Balaban J connectivity index is 1.70. The van der Waals surface area contributed by atoms with Crippen LogP contribution in [0.1, 0.15) is 32.8 Å². The molecule has 4 aromatic rings. The highest BCUT2D eigenvalue weighted by atomic mass is 16.6. The summed E-state index contributed by atoms with van der Waals surface area (Å²) in [5.74, 6) is 0.138. The number of nitrogens with one attached hydrogen (secondary N) is 1. The first-order valence-electron chi connectivity index (χ1n) is 8.65. The molecule has 6 nitrogen and oxygen atoms in total. The number of hydrogen-bond donors (Lipinski definition) is 1. The van der Waals surface area contributed by atoms with Gasteiger partial charge in [0.15, 0.2) is 11.5 Å². The molecule has 0 atom stereocenters. The van der Waals surface area contributed by atoms with Gasteiger partial charge in [0.2, 0.25) is 5.82 Å². The molecule has 0 unspecified atom stereocenters. The predicted octanol–water partition coefficient (Wildman–Crippen LogP) is 4.97. The molecule has 4 rings (SSSR count). The standard InChI is InChI=1S/C21H19N3O3/c1-11-5-7-13(3)15(9-11)18-20(24-27-23-18)22-21(25)19-14(4)16-10-12(2)6-8-17(16)26-19/h5-10H,1-4H3,(H,22,24,25). The highest BCUT2D eigenvalue weighted by Gasteiger charge is 2.22. The van der Waals surface area contributed by atoms with Crippen LogP contribution in [0, 0.1) is 27.7 Å². The molecule has 0 bridgehead atoms. The zero-order chi connectivity index (χ0) is 19.1. The number of hydrogen-bond acceptors (Lipinski definition) is 5. The monoisotopic (exact) mass is 361 g/mol. The topological polar surface area (TPSA) is 81.2 Å². The molecule has 0 radical (unpaired) electrons. The number of nitrogens with zero attached hydrogens (tertiary/aromatic N) is 2. The average molecular weight is 361 g/mol. The number of fused-ring (bicyclic) bond motifs is 1. The molecule has 0 saturated carbocycles. The zero-order valence-corrected chi connectivity index (χ0v) is 15.6. The van der Waals surface area contributed by atoms with Crippen LogP contribution in [0.15, 0.2) is 45.4 Å². The summed E-state index contributed by atoms with van der Waals surface area (Å²) in [7, 11) is 0. The van der Waals surface area contributed by atoms with Crippen LogP contribution in [0.3, 0.4) is 0 Å². The van der Waals surface area contributed by atoms with Gasteiger partial charge < -0.3 is 4.42 Å². The van der Waals surface area contributed by atoms with Crippen molar-refractivity contribution in [2.45, 2.75) is 27.7 Å². The van der Waals surface area contributed by atoms with Crippen LogP contribution < -0.4 is 5.32 Å². The molecule has 27 heavy (non-hydrogen) atoms. The Morgan fingerprint density at radius 2 is 1.70 bits per heavy atom. The van der Waals surface area contributed by atoms with Crippen molar-refractivity contribution in [1.29, 1.82) is 0 Å². The molecule has 0 spiro atoms. The summed E-state index contributed by atoms with van der Waals surface area (Å²) >= 11 is 0. The van der Waals surface area contributed by atoms with Crippen molar-refractivity contribution >= 4 is 22.7 Å². The molecule has 2 heterocycles. The Hall–Kier alpha value is -3.41. The quantitative estimate of drug-likeness (QED) is 0.557. The first kappa shape index (κ1) is 17.0. The van der Waals surface area contributed by atoms with Gasteiger partial charge >= 0.3 is 0 Å². The Kier molecular flexibility index (Phi) is 4.03. The molecule has 1 amide bonds. The van der Waals surface area contributed by atoms with Crippen molar-refractivity contribution in [1.82, 2.24) is 10.3 Å². The van der Waals surface area contributed by atoms with Gasteiger partial charge in [-0.25, -0.2) is 4.63 Å². The summed E-state index contributed by atoms with van der Waals surface area (Å²) in [6, 6.07) is 11.8. The molecule has 0 aliphatic carbocycles. The van der Waals surface area contributed by atoms with Crippen LogP contribution in [0.25, 0.3) is 22.2 Å². The van der Waals surface area contributed by atoms with Crippen molar-refractivity contribution in [3.8, 4) is 11.3 Å². The molecule has 1 N–H and O–H groups in total. The zero-order valence-electron chi connectivity index (χ0n) is 15.6. The molecular weight excluding hydrogens is 342 g/mol. The lowest BCUT2D eigenvalue weighted by atomic mass is 10.0. The van der Waals surface area contributed by atoms with Crippen molar-refractivity contribution in [2.24, 2.45) is 0 Å². The Bertz CT molecular complexity index is 1170. The number of rotatable bonds is 3. The van der Waals surface area contributed by atoms with Crippen LogP contribution in [-0.4, -0.2) is 16.2 Å². The van der Waals surface area contributed by atoms with E-state index in [0.717, 1.165) is 33.2 Å². The summed E-state index contributed by atoms with van der Waals surface area (Å²) in [4.78, 5) is 12.8. The molecule has 136 valence electrons. The number of benzene rings is 2. The van der Waals surface area contributed by atoms with Gasteiger partial charge in [0.1, 0.15) is 5.58 Å². The van der Waals surface area contributed by atoms with E-state index < -0.39 is 0 Å². The maximum atomic E-state index is 12.8. The van der Waals surface area contributed by atoms with Gasteiger partial charge in [-0.3, -0.25) is 10.1 Å². The fourth-order valence-corrected chi connectivity index (χ4v) is 3.15. The maximum Gasteiger partial charge on any atom is 0.292 e. The molecule has 0 saturated heterocycles.